The molecule has 1 aromatic carbocycles. The molecule has 1 aromatic rings. The Bertz CT molecular complexity index is 455. The highest BCUT2D eigenvalue weighted by Crippen LogP contribution is 2.23. The van der Waals surface area contributed by atoms with Gasteiger partial charge in [-0.15, -0.1) is 0 Å². The lowest BCUT2D eigenvalue weighted by atomic mass is 10.1. The third-order valence-corrected chi connectivity index (χ3v) is 2.68. The number of anilines is 2. The number of carbonyl (C=O) groups excluding carboxylic acids is 2. The van der Waals surface area contributed by atoms with Gasteiger partial charge in [0.05, 0.1) is 11.4 Å². The zero-order valence-corrected chi connectivity index (χ0v) is 11.9. The summed E-state index contributed by atoms with van der Waals surface area (Å²) in [4.78, 5) is 23.3. The van der Waals surface area contributed by atoms with Crippen molar-refractivity contribution >= 4 is 23.2 Å². The number of rotatable bonds is 6. The van der Waals surface area contributed by atoms with Crippen LogP contribution in [0.3, 0.4) is 0 Å². The molecular weight excluding hydrogens is 240 g/mol. The van der Waals surface area contributed by atoms with Crippen molar-refractivity contribution in [3.05, 3.63) is 23.8 Å². The van der Waals surface area contributed by atoms with E-state index in [2.05, 4.69) is 10.6 Å². The zero-order chi connectivity index (χ0) is 14.3. The summed E-state index contributed by atoms with van der Waals surface area (Å²) in [6, 6.07) is 5.61. The van der Waals surface area contributed by atoms with Crippen molar-refractivity contribution < 1.29 is 9.59 Å². The zero-order valence-electron chi connectivity index (χ0n) is 11.9. The fourth-order valence-electron chi connectivity index (χ4n) is 1.75. The standard InChI is InChI=1S/C15H22N2O2/c1-4-6-14(18)16-12-9-8-11(3)10-13(12)17-15(19)7-5-2/h8-10H,4-7H2,1-3H3,(H,16,18)(H,17,19). The Kier molecular flexibility index (Phi) is 6.06. The van der Waals surface area contributed by atoms with E-state index in [1.807, 2.05) is 39.0 Å². The van der Waals surface area contributed by atoms with Gasteiger partial charge in [0, 0.05) is 12.8 Å². The number of hydrogen-bond acceptors (Lipinski definition) is 2. The van der Waals surface area contributed by atoms with E-state index >= 15 is 0 Å². The number of benzene rings is 1. The third kappa shape index (κ3) is 5.12. The second-order valence-corrected chi connectivity index (χ2v) is 4.65. The molecule has 0 aliphatic rings. The largest absolute Gasteiger partial charge is 0.324 e. The summed E-state index contributed by atoms with van der Waals surface area (Å²) in [5.41, 5.74) is 2.37. The molecule has 0 aliphatic carbocycles. The number of carbonyl (C=O) groups is 2. The molecule has 0 saturated heterocycles. The molecule has 1 rings (SSSR count). The molecule has 2 N–H and O–H groups in total. The summed E-state index contributed by atoms with van der Waals surface area (Å²) in [7, 11) is 0. The molecule has 0 bridgehead atoms. The second-order valence-electron chi connectivity index (χ2n) is 4.65. The van der Waals surface area contributed by atoms with Crippen molar-refractivity contribution in [3.63, 3.8) is 0 Å². The fraction of sp³-hybridized carbons (Fsp3) is 0.467. The van der Waals surface area contributed by atoms with E-state index in [4.69, 9.17) is 0 Å². The van der Waals surface area contributed by atoms with Crippen LogP contribution in [-0.2, 0) is 9.59 Å². The van der Waals surface area contributed by atoms with Crippen LogP contribution in [0, 0.1) is 6.92 Å². The van der Waals surface area contributed by atoms with Crippen molar-refractivity contribution in [1.82, 2.24) is 0 Å². The predicted octanol–water partition coefficient (Wildman–Crippen LogP) is 3.47. The first-order chi connectivity index (χ1) is 9.06. The van der Waals surface area contributed by atoms with Crippen molar-refractivity contribution in [2.24, 2.45) is 0 Å². The fourth-order valence-corrected chi connectivity index (χ4v) is 1.75. The Morgan fingerprint density at radius 3 is 2.00 bits per heavy atom. The van der Waals surface area contributed by atoms with E-state index < -0.39 is 0 Å². The Morgan fingerprint density at radius 2 is 1.47 bits per heavy atom. The van der Waals surface area contributed by atoms with Gasteiger partial charge in [0.15, 0.2) is 0 Å². The smallest absolute Gasteiger partial charge is 0.224 e. The molecule has 104 valence electrons. The van der Waals surface area contributed by atoms with Crippen LogP contribution in [0.25, 0.3) is 0 Å². The molecule has 0 unspecified atom stereocenters. The summed E-state index contributed by atoms with van der Waals surface area (Å²) in [5, 5.41) is 5.68. The van der Waals surface area contributed by atoms with Crippen LogP contribution in [-0.4, -0.2) is 11.8 Å². The van der Waals surface area contributed by atoms with E-state index in [-0.39, 0.29) is 11.8 Å². The maximum absolute atomic E-state index is 11.7. The Hall–Kier alpha value is -1.84. The van der Waals surface area contributed by atoms with Crippen LogP contribution >= 0.6 is 0 Å². The maximum atomic E-state index is 11.7. The van der Waals surface area contributed by atoms with Gasteiger partial charge in [0.1, 0.15) is 0 Å². The average molecular weight is 262 g/mol. The molecule has 0 spiro atoms. The van der Waals surface area contributed by atoms with Gasteiger partial charge in [-0.25, -0.2) is 0 Å². The van der Waals surface area contributed by atoms with Gasteiger partial charge in [-0.1, -0.05) is 19.9 Å². The molecule has 0 heterocycles. The van der Waals surface area contributed by atoms with Crippen molar-refractivity contribution in [2.75, 3.05) is 10.6 Å². The topological polar surface area (TPSA) is 58.2 Å². The predicted molar refractivity (Wildman–Crippen MR) is 78.3 cm³/mol. The lowest BCUT2D eigenvalue weighted by Gasteiger charge is -2.13. The van der Waals surface area contributed by atoms with Gasteiger partial charge < -0.3 is 10.6 Å². The van der Waals surface area contributed by atoms with Crippen LogP contribution in [0.15, 0.2) is 18.2 Å². The van der Waals surface area contributed by atoms with Gasteiger partial charge in [0.2, 0.25) is 11.8 Å². The molecule has 4 heteroatoms. The lowest BCUT2D eigenvalue weighted by Crippen LogP contribution is -2.16. The normalized spacial score (nSPS) is 10.1. The number of hydrogen-bond donors (Lipinski definition) is 2. The molecule has 0 aromatic heterocycles. The Balaban J connectivity index is 2.85. The molecule has 0 aliphatic heterocycles. The second kappa shape index (κ2) is 7.56. The number of amides is 2. The third-order valence-electron chi connectivity index (χ3n) is 2.68. The highest BCUT2D eigenvalue weighted by molar-refractivity contribution is 5.99. The molecule has 19 heavy (non-hydrogen) atoms. The Morgan fingerprint density at radius 1 is 0.947 bits per heavy atom. The minimum Gasteiger partial charge on any atom is -0.324 e. The number of nitrogens with one attached hydrogen (secondary N) is 2. The van der Waals surface area contributed by atoms with Crippen LogP contribution in [0.4, 0.5) is 11.4 Å². The van der Waals surface area contributed by atoms with E-state index in [1.165, 1.54) is 0 Å². The minimum absolute atomic E-state index is 0.0286. The summed E-state index contributed by atoms with van der Waals surface area (Å²) in [6.45, 7) is 5.87. The van der Waals surface area contributed by atoms with Crippen molar-refractivity contribution in [2.45, 2.75) is 46.5 Å². The summed E-state index contributed by atoms with van der Waals surface area (Å²) >= 11 is 0. The van der Waals surface area contributed by atoms with E-state index in [0.29, 0.717) is 24.2 Å². The highest BCUT2D eigenvalue weighted by atomic mass is 16.2. The molecule has 0 fully saturated rings. The molecule has 0 saturated carbocycles. The van der Waals surface area contributed by atoms with Crippen LogP contribution in [0.1, 0.15) is 45.1 Å². The van der Waals surface area contributed by atoms with Crippen molar-refractivity contribution in [3.8, 4) is 0 Å². The lowest BCUT2D eigenvalue weighted by molar-refractivity contribution is -0.117. The minimum atomic E-state index is -0.0302. The molecule has 0 atom stereocenters. The molecule has 0 radical (unpaired) electrons. The summed E-state index contributed by atoms with van der Waals surface area (Å²) < 4.78 is 0. The van der Waals surface area contributed by atoms with Gasteiger partial charge in [0.25, 0.3) is 0 Å². The molecule has 4 nitrogen and oxygen atoms in total. The first kappa shape index (κ1) is 15.2. The first-order valence-electron chi connectivity index (χ1n) is 6.77. The summed E-state index contributed by atoms with van der Waals surface area (Å²) in [5.74, 6) is -0.0589. The van der Waals surface area contributed by atoms with Crippen LogP contribution in [0.2, 0.25) is 0 Å². The quantitative estimate of drug-likeness (QED) is 0.824. The van der Waals surface area contributed by atoms with Gasteiger partial charge in [-0.05, 0) is 37.5 Å². The van der Waals surface area contributed by atoms with E-state index in [0.717, 1.165) is 18.4 Å². The van der Waals surface area contributed by atoms with Crippen molar-refractivity contribution in [1.29, 1.82) is 0 Å². The maximum Gasteiger partial charge on any atom is 0.224 e. The average Bonchev–Trinajstić information content (AvgIpc) is 2.33. The van der Waals surface area contributed by atoms with Crippen LogP contribution in [0.5, 0.6) is 0 Å². The number of aryl methyl sites for hydroxylation is 1. The first-order valence-corrected chi connectivity index (χ1v) is 6.77. The monoisotopic (exact) mass is 262 g/mol. The van der Waals surface area contributed by atoms with Crippen LogP contribution < -0.4 is 10.6 Å². The van der Waals surface area contributed by atoms with E-state index in [1.54, 1.807) is 0 Å². The van der Waals surface area contributed by atoms with Gasteiger partial charge >= 0.3 is 0 Å². The molecular formula is C15H22N2O2. The van der Waals surface area contributed by atoms with Gasteiger partial charge in [-0.3, -0.25) is 9.59 Å². The van der Waals surface area contributed by atoms with E-state index in [9.17, 15) is 9.59 Å². The SMILES string of the molecule is CCCC(=O)Nc1ccc(C)cc1NC(=O)CCC. The summed E-state index contributed by atoms with van der Waals surface area (Å²) in [6.07, 6.45) is 2.57. The highest BCUT2D eigenvalue weighted by Gasteiger charge is 2.09. The Labute approximate surface area is 114 Å². The molecule has 2 amide bonds. The van der Waals surface area contributed by atoms with Gasteiger partial charge in [-0.2, -0.15) is 0 Å².